The highest BCUT2D eigenvalue weighted by Crippen LogP contribution is 2.19. The fraction of sp³-hybridized carbons (Fsp3) is 0.545. The smallest absolute Gasteiger partial charge is 0.309 e. The Hall–Kier alpha value is -1.10. The Bertz CT molecular complexity index is 382. The van der Waals surface area contributed by atoms with Crippen molar-refractivity contribution in [3.63, 3.8) is 0 Å². The van der Waals surface area contributed by atoms with Gasteiger partial charge in [0.05, 0.1) is 30.6 Å². The number of hydrogen-bond donors (Lipinski definition) is 0. The molecule has 16 heavy (non-hydrogen) atoms. The van der Waals surface area contributed by atoms with Crippen LogP contribution in [0.4, 0.5) is 0 Å². The van der Waals surface area contributed by atoms with Crippen molar-refractivity contribution in [3.8, 4) is 0 Å². The predicted molar refractivity (Wildman–Crippen MR) is 63.4 cm³/mol. The molecule has 0 bridgehead atoms. The van der Waals surface area contributed by atoms with Crippen LogP contribution in [0.5, 0.6) is 0 Å². The lowest BCUT2D eigenvalue weighted by Crippen LogP contribution is -2.14. The minimum Gasteiger partial charge on any atom is -0.469 e. The summed E-state index contributed by atoms with van der Waals surface area (Å²) in [5, 5.41) is 0.846. The molecule has 1 rings (SSSR count). The first kappa shape index (κ1) is 13.0. The minimum absolute atomic E-state index is 0.126. The lowest BCUT2D eigenvalue weighted by atomic mass is 10.2. The van der Waals surface area contributed by atoms with Crippen LogP contribution in [0.15, 0.2) is 11.2 Å². The third kappa shape index (κ3) is 3.48. The highest BCUT2D eigenvalue weighted by atomic mass is 32.2. The first-order valence-electron chi connectivity index (χ1n) is 5.05. The molecule has 0 aliphatic carbocycles. The highest BCUT2D eigenvalue weighted by Gasteiger charge is 2.13. The zero-order valence-corrected chi connectivity index (χ0v) is 10.8. The van der Waals surface area contributed by atoms with E-state index in [0.29, 0.717) is 5.75 Å². The Morgan fingerprint density at radius 3 is 2.75 bits per heavy atom. The SMILES string of the molecule is COC(=O)C(C)CSc1cnc(C)c(C)n1. The highest BCUT2D eigenvalue weighted by molar-refractivity contribution is 7.99. The van der Waals surface area contributed by atoms with Crippen LogP contribution in [-0.4, -0.2) is 28.8 Å². The van der Waals surface area contributed by atoms with E-state index < -0.39 is 0 Å². The first-order valence-corrected chi connectivity index (χ1v) is 6.04. The van der Waals surface area contributed by atoms with Gasteiger partial charge >= 0.3 is 5.97 Å². The van der Waals surface area contributed by atoms with Crippen molar-refractivity contribution in [2.45, 2.75) is 25.8 Å². The number of rotatable bonds is 4. The van der Waals surface area contributed by atoms with Gasteiger partial charge in [0, 0.05) is 5.75 Å². The van der Waals surface area contributed by atoms with Crippen LogP contribution in [0.1, 0.15) is 18.3 Å². The molecular formula is C11H16N2O2S. The van der Waals surface area contributed by atoms with Crippen molar-refractivity contribution in [3.05, 3.63) is 17.6 Å². The first-order chi connectivity index (χ1) is 7.54. The molecular weight excluding hydrogens is 224 g/mol. The van der Waals surface area contributed by atoms with E-state index in [2.05, 4.69) is 14.7 Å². The standard InChI is InChI=1S/C11H16N2O2S/c1-7(11(14)15-4)6-16-10-5-12-8(2)9(3)13-10/h5,7H,6H2,1-4H3. The number of carbonyl (C=O) groups is 1. The molecule has 1 atom stereocenters. The summed E-state index contributed by atoms with van der Waals surface area (Å²) in [6.45, 7) is 5.69. The average Bonchev–Trinajstić information content (AvgIpc) is 2.29. The number of carbonyl (C=O) groups excluding carboxylic acids is 1. The van der Waals surface area contributed by atoms with Crippen LogP contribution >= 0.6 is 11.8 Å². The molecule has 88 valence electrons. The van der Waals surface area contributed by atoms with Gasteiger partial charge in [0.1, 0.15) is 5.03 Å². The Labute approximate surface area is 99.8 Å². The van der Waals surface area contributed by atoms with Gasteiger partial charge in [-0.1, -0.05) is 6.92 Å². The lowest BCUT2D eigenvalue weighted by Gasteiger charge is -2.08. The lowest BCUT2D eigenvalue weighted by molar-refractivity contribution is -0.143. The van der Waals surface area contributed by atoms with E-state index in [-0.39, 0.29) is 11.9 Å². The van der Waals surface area contributed by atoms with Crippen molar-refractivity contribution >= 4 is 17.7 Å². The second-order valence-corrected chi connectivity index (χ2v) is 4.65. The summed E-state index contributed by atoms with van der Waals surface area (Å²) in [6, 6.07) is 0. The maximum Gasteiger partial charge on any atom is 0.309 e. The Morgan fingerprint density at radius 1 is 1.50 bits per heavy atom. The topological polar surface area (TPSA) is 52.1 Å². The quantitative estimate of drug-likeness (QED) is 0.595. The maximum absolute atomic E-state index is 11.2. The largest absolute Gasteiger partial charge is 0.469 e. The number of hydrogen-bond acceptors (Lipinski definition) is 5. The molecule has 0 saturated heterocycles. The number of esters is 1. The normalized spacial score (nSPS) is 12.2. The van der Waals surface area contributed by atoms with Gasteiger partial charge in [-0.05, 0) is 13.8 Å². The Balaban J connectivity index is 2.55. The average molecular weight is 240 g/mol. The van der Waals surface area contributed by atoms with E-state index in [1.807, 2.05) is 20.8 Å². The van der Waals surface area contributed by atoms with Gasteiger partial charge in [0.2, 0.25) is 0 Å². The van der Waals surface area contributed by atoms with E-state index in [9.17, 15) is 4.79 Å². The van der Waals surface area contributed by atoms with Crippen molar-refractivity contribution in [2.24, 2.45) is 5.92 Å². The Morgan fingerprint density at radius 2 is 2.19 bits per heavy atom. The third-order valence-corrected chi connectivity index (χ3v) is 3.41. The van der Waals surface area contributed by atoms with Crippen LogP contribution in [-0.2, 0) is 9.53 Å². The monoisotopic (exact) mass is 240 g/mol. The fourth-order valence-corrected chi connectivity index (χ4v) is 1.96. The zero-order valence-electron chi connectivity index (χ0n) is 9.98. The molecule has 1 unspecified atom stereocenters. The van der Waals surface area contributed by atoms with Gasteiger partial charge in [0.25, 0.3) is 0 Å². The number of aryl methyl sites for hydroxylation is 2. The zero-order chi connectivity index (χ0) is 12.1. The van der Waals surface area contributed by atoms with E-state index in [1.165, 1.54) is 18.9 Å². The molecule has 1 aromatic heterocycles. The Kier molecular flexibility index (Phi) is 4.73. The van der Waals surface area contributed by atoms with Crippen LogP contribution in [0.2, 0.25) is 0 Å². The van der Waals surface area contributed by atoms with Crippen molar-refractivity contribution < 1.29 is 9.53 Å². The molecule has 0 aromatic carbocycles. The number of methoxy groups -OCH3 is 1. The van der Waals surface area contributed by atoms with Crippen molar-refractivity contribution in [2.75, 3.05) is 12.9 Å². The fourth-order valence-electron chi connectivity index (χ4n) is 1.07. The van der Waals surface area contributed by atoms with Gasteiger partial charge in [0.15, 0.2) is 0 Å². The molecule has 0 aliphatic heterocycles. The summed E-state index contributed by atoms with van der Waals surface area (Å²) in [4.78, 5) is 19.8. The minimum atomic E-state index is -0.190. The summed E-state index contributed by atoms with van der Waals surface area (Å²) < 4.78 is 4.65. The van der Waals surface area contributed by atoms with Gasteiger partial charge in [-0.25, -0.2) is 4.98 Å². The molecule has 0 N–H and O–H groups in total. The molecule has 0 saturated carbocycles. The summed E-state index contributed by atoms with van der Waals surface area (Å²) >= 11 is 1.52. The molecule has 0 amide bonds. The summed E-state index contributed by atoms with van der Waals surface area (Å²) in [5.41, 5.74) is 1.86. The molecule has 0 spiro atoms. The summed E-state index contributed by atoms with van der Waals surface area (Å²) in [6.07, 6.45) is 1.73. The third-order valence-electron chi connectivity index (χ3n) is 2.25. The van der Waals surface area contributed by atoms with E-state index in [0.717, 1.165) is 16.4 Å². The van der Waals surface area contributed by atoms with E-state index in [1.54, 1.807) is 6.20 Å². The maximum atomic E-state index is 11.2. The molecule has 4 nitrogen and oxygen atoms in total. The van der Waals surface area contributed by atoms with Crippen molar-refractivity contribution in [1.29, 1.82) is 0 Å². The summed E-state index contributed by atoms with van der Waals surface area (Å²) in [5.74, 6) is 0.340. The number of thioether (sulfide) groups is 1. The number of aromatic nitrogens is 2. The summed E-state index contributed by atoms with van der Waals surface area (Å²) in [7, 11) is 1.40. The van der Waals surface area contributed by atoms with Gasteiger partial charge in [-0.3, -0.25) is 9.78 Å². The van der Waals surface area contributed by atoms with Crippen LogP contribution < -0.4 is 0 Å². The van der Waals surface area contributed by atoms with E-state index in [4.69, 9.17) is 0 Å². The number of ether oxygens (including phenoxy) is 1. The van der Waals surface area contributed by atoms with Crippen LogP contribution in [0.25, 0.3) is 0 Å². The predicted octanol–water partition coefficient (Wildman–Crippen LogP) is 1.99. The van der Waals surface area contributed by atoms with Gasteiger partial charge in [-0.2, -0.15) is 0 Å². The van der Waals surface area contributed by atoms with Gasteiger partial charge < -0.3 is 4.74 Å². The molecule has 0 aliphatic rings. The van der Waals surface area contributed by atoms with Gasteiger partial charge in [-0.15, -0.1) is 11.8 Å². The second-order valence-electron chi connectivity index (χ2n) is 3.61. The van der Waals surface area contributed by atoms with Crippen molar-refractivity contribution in [1.82, 2.24) is 9.97 Å². The van der Waals surface area contributed by atoms with Crippen LogP contribution in [0.3, 0.4) is 0 Å². The second kappa shape index (κ2) is 5.84. The van der Waals surface area contributed by atoms with Crippen LogP contribution in [0, 0.1) is 19.8 Å². The molecule has 1 heterocycles. The molecule has 1 aromatic rings. The molecule has 0 radical (unpaired) electrons. The molecule has 5 heteroatoms. The van der Waals surface area contributed by atoms with E-state index >= 15 is 0 Å². The molecule has 0 fully saturated rings. The number of nitrogens with zero attached hydrogens (tertiary/aromatic N) is 2.